The van der Waals surface area contributed by atoms with Gasteiger partial charge in [-0.2, -0.15) is 13.2 Å². The van der Waals surface area contributed by atoms with Crippen LogP contribution in [0, 0.1) is 6.92 Å². The summed E-state index contributed by atoms with van der Waals surface area (Å²) in [5.74, 6) is -1.80. The van der Waals surface area contributed by atoms with Gasteiger partial charge in [-0.3, -0.25) is 4.79 Å². The van der Waals surface area contributed by atoms with Crippen LogP contribution in [-0.4, -0.2) is 24.3 Å². The molecule has 0 aromatic carbocycles. The number of alkyl halides is 3. The Kier molecular flexibility index (Phi) is 2.50. The second-order valence-corrected chi connectivity index (χ2v) is 2.63. The fraction of sp³-hybridized carbons (Fsp3) is 0.429. The standard InChI is InChI=1S/C7H7F3N2O2/c1-4-5(3-11-14-4)12(2)6(13)7(8,9)10/h3H,1-2H3. The molecule has 0 aliphatic heterocycles. The second-order valence-electron chi connectivity index (χ2n) is 2.63. The fourth-order valence-corrected chi connectivity index (χ4v) is 0.915. The van der Waals surface area contributed by atoms with E-state index in [0.29, 0.717) is 4.90 Å². The van der Waals surface area contributed by atoms with E-state index in [9.17, 15) is 18.0 Å². The van der Waals surface area contributed by atoms with Crippen molar-refractivity contribution >= 4 is 11.6 Å². The minimum Gasteiger partial charge on any atom is -0.359 e. The summed E-state index contributed by atoms with van der Waals surface area (Å²) in [4.78, 5) is 11.2. The van der Waals surface area contributed by atoms with Gasteiger partial charge in [-0.05, 0) is 6.92 Å². The molecule has 0 unspecified atom stereocenters. The van der Waals surface area contributed by atoms with E-state index >= 15 is 0 Å². The predicted octanol–water partition coefficient (Wildman–Crippen LogP) is 1.51. The van der Waals surface area contributed by atoms with Crippen LogP contribution in [0.1, 0.15) is 5.76 Å². The van der Waals surface area contributed by atoms with Gasteiger partial charge in [-0.15, -0.1) is 0 Å². The first-order valence-electron chi connectivity index (χ1n) is 3.60. The van der Waals surface area contributed by atoms with Crippen molar-refractivity contribution in [3.63, 3.8) is 0 Å². The Morgan fingerprint density at radius 1 is 1.57 bits per heavy atom. The zero-order chi connectivity index (χ0) is 10.9. The Morgan fingerprint density at radius 3 is 2.50 bits per heavy atom. The quantitative estimate of drug-likeness (QED) is 0.702. The number of carbonyl (C=O) groups excluding carboxylic acids is 1. The molecule has 78 valence electrons. The van der Waals surface area contributed by atoms with Crippen LogP contribution in [0.25, 0.3) is 0 Å². The van der Waals surface area contributed by atoms with Gasteiger partial charge in [-0.1, -0.05) is 5.16 Å². The Bertz CT molecular complexity index is 345. The molecule has 0 spiro atoms. The summed E-state index contributed by atoms with van der Waals surface area (Å²) >= 11 is 0. The van der Waals surface area contributed by atoms with Crippen molar-refractivity contribution in [1.82, 2.24) is 5.16 Å². The Labute approximate surface area is 77.3 Å². The normalized spacial score (nSPS) is 11.5. The molecule has 4 nitrogen and oxygen atoms in total. The van der Waals surface area contributed by atoms with Gasteiger partial charge in [0.05, 0.1) is 6.20 Å². The van der Waals surface area contributed by atoms with E-state index in [-0.39, 0.29) is 11.4 Å². The van der Waals surface area contributed by atoms with Gasteiger partial charge < -0.3 is 9.42 Å². The Balaban J connectivity index is 2.92. The Hall–Kier alpha value is -1.53. The van der Waals surface area contributed by atoms with Crippen molar-refractivity contribution in [1.29, 1.82) is 0 Å². The van der Waals surface area contributed by atoms with E-state index < -0.39 is 12.1 Å². The molecule has 0 aliphatic carbocycles. The number of nitrogens with zero attached hydrogens (tertiary/aromatic N) is 2. The lowest BCUT2D eigenvalue weighted by Gasteiger charge is -2.16. The zero-order valence-corrected chi connectivity index (χ0v) is 7.42. The van der Waals surface area contributed by atoms with Crippen LogP contribution in [0.2, 0.25) is 0 Å². The molecule has 0 radical (unpaired) electrons. The van der Waals surface area contributed by atoms with Crippen molar-refractivity contribution in [2.75, 3.05) is 11.9 Å². The van der Waals surface area contributed by atoms with Crippen molar-refractivity contribution in [2.45, 2.75) is 13.1 Å². The average molecular weight is 208 g/mol. The van der Waals surface area contributed by atoms with Crippen molar-refractivity contribution in [3.05, 3.63) is 12.0 Å². The van der Waals surface area contributed by atoms with Gasteiger partial charge in [0.2, 0.25) is 0 Å². The first-order valence-corrected chi connectivity index (χ1v) is 3.60. The van der Waals surface area contributed by atoms with Crippen LogP contribution in [0.4, 0.5) is 18.9 Å². The molecular weight excluding hydrogens is 201 g/mol. The molecule has 7 heteroatoms. The number of anilines is 1. The molecule has 0 aliphatic rings. The van der Waals surface area contributed by atoms with Gasteiger partial charge >= 0.3 is 12.1 Å². The minimum absolute atomic E-state index is 0.00678. The summed E-state index contributed by atoms with van der Waals surface area (Å²) in [7, 11) is 1.01. The maximum Gasteiger partial charge on any atom is 0.471 e. The highest BCUT2D eigenvalue weighted by molar-refractivity contribution is 5.96. The molecule has 0 fully saturated rings. The number of halogens is 3. The van der Waals surface area contributed by atoms with Gasteiger partial charge in [0.1, 0.15) is 5.69 Å². The lowest BCUT2D eigenvalue weighted by molar-refractivity contribution is -0.170. The van der Waals surface area contributed by atoms with E-state index in [1.807, 2.05) is 0 Å². The number of aryl methyl sites for hydroxylation is 1. The topological polar surface area (TPSA) is 46.3 Å². The highest BCUT2D eigenvalue weighted by Crippen LogP contribution is 2.24. The highest BCUT2D eigenvalue weighted by atomic mass is 19.4. The monoisotopic (exact) mass is 208 g/mol. The number of aromatic nitrogens is 1. The highest BCUT2D eigenvalue weighted by Gasteiger charge is 2.42. The molecule has 1 heterocycles. The fourth-order valence-electron chi connectivity index (χ4n) is 0.915. The number of rotatable bonds is 1. The molecule has 0 saturated heterocycles. The summed E-state index contributed by atoms with van der Waals surface area (Å²) in [6, 6.07) is 0. The van der Waals surface area contributed by atoms with Gasteiger partial charge in [0.15, 0.2) is 5.76 Å². The SMILES string of the molecule is Cc1oncc1N(C)C(=O)C(F)(F)F. The smallest absolute Gasteiger partial charge is 0.359 e. The van der Waals surface area contributed by atoms with Crippen LogP contribution in [0.3, 0.4) is 0 Å². The third kappa shape index (κ3) is 1.86. The van der Waals surface area contributed by atoms with Gasteiger partial charge in [0, 0.05) is 7.05 Å². The van der Waals surface area contributed by atoms with Crippen LogP contribution in [0.5, 0.6) is 0 Å². The van der Waals surface area contributed by atoms with E-state index in [1.54, 1.807) is 0 Å². The van der Waals surface area contributed by atoms with Crippen molar-refractivity contribution in [3.8, 4) is 0 Å². The third-order valence-electron chi connectivity index (χ3n) is 1.63. The predicted molar refractivity (Wildman–Crippen MR) is 40.7 cm³/mol. The molecular formula is C7H7F3N2O2. The van der Waals surface area contributed by atoms with Crippen LogP contribution in [0.15, 0.2) is 10.7 Å². The summed E-state index contributed by atoms with van der Waals surface area (Å²) in [5.41, 5.74) is 0.00678. The molecule has 0 atom stereocenters. The summed E-state index contributed by atoms with van der Waals surface area (Å²) in [5, 5.41) is 3.27. The molecule has 1 aromatic rings. The lowest BCUT2D eigenvalue weighted by Crippen LogP contribution is -2.38. The first kappa shape index (κ1) is 10.6. The average Bonchev–Trinajstić information content (AvgIpc) is 2.47. The molecule has 14 heavy (non-hydrogen) atoms. The zero-order valence-electron chi connectivity index (χ0n) is 7.42. The van der Waals surface area contributed by atoms with Crippen molar-refractivity contribution < 1.29 is 22.5 Å². The van der Waals surface area contributed by atoms with Crippen LogP contribution < -0.4 is 4.90 Å². The molecule has 0 bridgehead atoms. The molecule has 1 rings (SSSR count). The van der Waals surface area contributed by atoms with E-state index in [1.165, 1.54) is 6.92 Å². The van der Waals surface area contributed by atoms with Crippen LogP contribution >= 0.6 is 0 Å². The second kappa shape index (κ2) is 3.32. The lowest BCUT2D eigenvalue weighted by atomic mass is 10.3. The maximum atomic E-state index is 12.0. The third-order valence-corrected chi connectivity index (χ3v) is 1.63. The summed E-state index contributed by atoms with van der Waals surface area (Å²) < 4.78 is 40.5. The number of amides is 1. The molecule has 1 aromatic heterocycles. The summed E-state index contributed by atoms with van der Waals surface area (Å²) in [6.07, 6.45) is -3.84. The molecule has 0 saturated carbocycles. The van der Waals surface area contributed by atoms with E-state index in [4.69, 9.17) is 0 Å². The maximum absolute atomic E-state index is 12.0. The number of carbonyl (C=O) groups is 1. The number of hydrogen-bond donors (Lipinski definition) is 0. The van der Waals surface area contributed by atoms with Gasteiger partial charge in [-0.25, -0.2) is 0 Å². The summed E-state index contributed by atoms with van der Waals surface area (Å²) in [6.45, 7) is 1.42. The van der Waals surface area contributed by atoms with Crippen LogP contribution in [-0.2, 0) is 4.79 Å². The van der Waals surface area contributed by atoms with E-state index in [2.05, 4.69) is 9.68 Å². The molecule has 1 amide bonds. The number of hydrogen-bond acceptors (Lipinski definition) is 3. The minimum atomic E-state index is -4.89. The Morgan fingerprint density at radius 2 is 2.14 bits per heavy atom. The molecule has 0 N–H and O–H groups in total. The van der Waals surface area contributed by atoms with E-state index in [0.717, 1.165) is 13.2 Å². The largest absolute Gasteiger partial charge is 0.471 e. The first-order chi connectivity index (χ1) is 6.34. The van der Waals surface area contributed by atoms with Crippen molar-refractivity contribution in [2.24, 2.45) is 0 Å². The van der Waals surface area contributed by atoms with Gasteiger partial charge in [0.25, 0.3) is 0 Å².